The Balaban J connectivity index is 1.74. The average Bonchev–Trinajstić information content (AvgIpc) is 2.48. The van der Waals surface area contributed by atoms with Crippen molar-refractivity contribution in [2.75, 3.05) is 13.2 Å². The van der Waals surface area contributed by atoms with Gasteiger partial charge in [0, 0.05) is 0 Å². The average molecular weight is 301 g/mol. The van der Waals surface area contributed by atoms with Gasteiger partial charge in [-0.1, -0.05) is 24.3 Å². The molecule has 0 saturated heterocycles. The number of carbonyl (C=O) groups is 1. The normalized spacial score (nSPS) is 10.3. The van der Waals surface area contributed by atoms with Crippen molar-refractivity contribution in [2.24, 2.45) is 0 Å². The van der Waals surface area contributed by atoms with Crippen molar-refractivity contribution in [1.82, 2.24) is 5.32 Å². The maximum Gasteiger partial charge on any atom is 0.224 e. The summed E-state index contributed by atoms with van der Waals surface area (Å²) in [6.07, 6.45) is 0.168. The molecule has 0 atom stereocenters. The van der Waals surface area contributed by atoms with E-state index >= 15 is 0 Å². The number of ether oxygens (including phenoxy) is 1. The van der Waals surface area contributed by atoms with Crippen molar-refractivity contribution in [2.45, 2.75) is 20.3 Å². The molecule has 3 nitrogen and oxygen atoms in total. The van der Waals surface area contributed by atoms with Gasteiger partial charge in [0.1, 0.15) is 18.2 Å². The fourth-order valence-electron chi connectivity index (χ4n) is 2.13. The first-order chi connectivity index (χ1) is 10.6. The van der Waals surface area contributed by atoms with Crippen LogP contribution in [0.3, 0.4) is 0 Å². The smallest absolute Gasteiger partial charge is 0.224 e. The lowest BCUT2D eigenvalue weighted by Gasteiger charge is -2.11. The minimum Gasteiger partial charge on any atom is -0.491 e. The zero-order valence-corrected chi connectivity index (χ0v) is 12.9. The molecule has 0 saturated carbocycles. The maximum atomic E-state index is 13.0. The summed E-state index contributed by atoms with van der Waals surface area (Å²) in [4.78, 5) is 11.8. The minimum atomic E-state index is -0.330. The van der Waals surface area contributed by atoms with Gasteiger partial charge in [-0.15, -0.1) is 0 Å². The molecule has 22 heavy (non-hydrogen) atoms. The number of aryl methyl sites for hydroxylation is 1. The molecule has 2 rings (SSSR count). The molecule has 0 aliphatic carbocycles. The summed E-state index contributed by atoms with van der Waals surface area (Å²) in [6.45, 7) is 4.86. The van der Waals surface area contributed by atoms with Crippen LogP contribution in [0.5, 0.6) is 5.75 Å². The predicted octanol–water partition coefficient (Wildman–Crippen LogP) is 3.18. The van der Waals surface area contributed by atoms with Crippen LogP contribution < -0.4 is 10.1 Å². The molecule has 2 aromatic carbocycles. The lowest BCUT2D eigenvalue weighted by Crippen LogP contribution is -2.29. The SMILES string of the molecule is Cc1cccc(OCCNC(=O)Cc2cccc(F)c2)c1C. The third-order valence-electron chi connectivity index (χ3n) is 3.49. The van der Waals surface area contributed by atoms with Gasteiger partial charge in [-0.05, 0) is 48.7 Å². The summed E-state index contributed by atoms with van der Waals surface area (Å²) in [5.41, 5.74) is 2.94. The molecule has 4 heteroatoms. The summed E-state index contributed by atoms with van der Waals surface area (Å²) in [7, 11) is 0. The molecule has 1 N–H and O–H groups in total. The lowest BCUT2D eigenvalue weighted by atomic mass is 10.1. The van der Waals surface area contributed by atoms with Crippen LogP contribution in [-0.4, -0.2) is 19.1 Å². The molecule has 0 aliphatic heterocycles. The van der Waals surface area contributed by atoms with Gasteiger partial charge >= 0.3 is 0 Å². The van der Waals surface area contributed by atoms with Gasteiger partial charge < -0.3 is 10.1 Å². The van der Waals surface area contributed by atoms with Crippen molar-refractivity contribution in [1.29, 1.82) is 0 Å². The highest BCUT2D eigenvalue weighted by atomic mass is 19.1. The van der Waals surface area contributed by atoms with Crippen LogP contribution in [0, 0.1) is 19.7 Å². The van der Waals surface area contributed by atoms with Crippen molar-refractivity contribution in [3.8, 4) is 5.75 Å². The van der Waals surface area contributed by atoms with E-state index in [0.29, 0.717) is 18.7 Å². The maximum absolute atomic E-state index is 13.0. The Labute approximate surface area is 130 Å². The summed E-state index contributed by atoms with van der Waals surface area (Å²) >= 11 is 0. The molecule has 0 unspecified atom stereocenters. The third-order valence-corrected chi connectivity index (χ3v) is 3.49. The molecule has 1 amide bonds. The quantitative estimate of drug-likeness (QED) is 0.832. The van der Waals surface area contributed by atoms with Gasteiger partial charge in [0.2, 0.25) is 5.91 Å². The van der Waals surface area contributed by atoms with Crippen LogP contribution in [0.2, 0.25) is 0 Å². The number of hydrogen-bond acceptors (Lipinski definition) is 2. The highest BCUT2D eigenvalue weighted by molar-refractivity contribution is 5.78. The first-order valence-electron chi connectivity index (χ1n) is 7.26. The van der Waals surface area contributed by atoms with Gasteiger partial charge in [0.15, 0.2) is 0 Å². The highest BCUT2D eigenvalue weighted by Gasteiger charge is 2.05. The lowest BCUT2D eigenvalue weighted by molar-refractivity contribution is -0.120. The number of carbonyl (C=O) groups excluding carboxylic acids is 1. The van der Waals surface area contributed by atoms with E-state index in [-0.39, 0.29) is 18.1 Å². The monoisotopic (exact) mass is 301 g/mol. The van der Waals surface area contributed by atoms with Crippen molar-refractivity contribution in [3.63, 3.8) is 0 Å². The Kier molecular flexibility index (Phi) is 5.53. The first kappa shape index (κ1) is 16.0. The Hall–Kier alpha value is -2.36. The summed E-state index contributed by atoms with van der Waals surface area (Å²) in [6, 6.07) is 11.9. The van der Waals surface area contributed by atoms with Crippen LogP contribution in [0.1, 0.15) is 16.7 Å². The fraction of sp³-hybridized carbons (Fsp3) is 0.278. The van der Waals surface area contributed by atoms with E-state index < -0.39 is 0 Å². The summed E-state index contributed by atoms with van der Waals surface area (Å²) in [5.74, 6) is 0.359. The van der Waals surface area contributed by atoms with E-state index in [1.54, 1.807) is 12.1 Å². The number of halogens is 1. The zero-order chi connectivity index (χ0) is 15.9. The number of rotatable bonds is 6. The van der Waals surface area contributed by atoms with E-state index in [0.717, 1.165) is 11.3 Å². The molecule has 0 heterocycles. The number of benzene rings is 2. The Bertz CT molecular complexity index is 655. The van der Waals surface area contributed by atoms with Crippen molar-refractivity contribution in [3.05, 3.63) is 65.0 Å². The first-order valence-corrected chi connectivity index (χ1v) is 7.26. The predicted molar refractivity (Wildman–Crippen MR) is 84.5 cm³/mol. The van der Waals surface area contributed by atoms with Gasteiger partial charge in [-0.25, -0.2) is 4.39 Å². The second-order valence-electron chi connectivity index (χ2n) is 5.20. The topological polar surface area (TPSA) is 38.3 Å². The molecule has 0 radical (unpaired) electrons. The van der Waals surface area contributed by atoms with Crippen molar-refractivity contribution >= 4 is 5.91 Å². The van der Waals surface area contributed by atoms with Crippen LogP contribution in [-0.2, 0) is 11.2 Å². The fourth-order valence-corrected chi connectivity index (χ4v) is 2.13. The van der Waals surface area contributed by atoms with Crippen LogP contribution in [0.4, 0.5) is 4.39 Å². The molecular formula is C18H20FNO2. The standard InChI is InChI=1S/C18H20FNO2/c1-13-5-3-8-17(14(13)2)22-10-9-20-18(21)12-15-6-4-7-16(19)11-15/h3-8,11H,9-10,12H2,1-2H3,(H,20,21). The van der Waals surface area contributed by atoms with E-state index in [4.69, 9.17) is 4.74 Å². The molecule has 116 valence electrons. The number of amides is 1. The Morgan fingerprint density at radius 3 is 2.73 bits per heavy atom. The molecule has 0 fully saturated rings. The highest BCUT2D eigenvalue weighted by Crippen LogP contribution is 2.20. The van der Waals surface area contributed by atoms with E-state index in [2.05, 4.69) is 5.32 Å². The second kappa shape index (κ2) is 7.59. The zero-order valence-electron chi connectivity index (χ0n) is 12.9. The van der Waals surface area contributed by atoms with Crippen molar-refractivity contribution < 1.29 is 13.9 Å². The molecule has 0 spiro atoms. The van der Waals surface area contributed by atoms with Crippen LogP contribution >= 0.6 is 0 Å². The largest absolute Gasteiger partial charge is 0.491 e. The molecule has 0 bridgehead atoms. The van der Waals surface area contributed by atoms with Crippen LogP contribution in [0.25, 0.3) is 0 Å². The summed E-state index contributed by atoms with van der Waals surface area (Å²) < 4.78 is 18.7. The van der Waals surface area contributed by atoms with Gasteiger partial charge in [0.25, 0.3) is 0 Å². The van der Waals surface area contributed by atoms with E-state index in [1.165, 1.54) is 17.7 Å². The Morgan fingerprint density at radius 2 is 1.95 bits per heavy atom. The molecule has 0 aromatic heterocycles. The Morgan fingerprint density at radius 1 is 1.18 bits per heavy atom. The van der Waals surface area contributed by atoms with Gasteiger partial charge in [-0.2, -0.15) is 0 Å². The minimum absolute atomic E-state index is 0.143. The second-order valence-corrected chi connectivity index (χ2v) is 5.20. The van der Waals surface area contributed by atoms with E-state index in [1.807, 2.05) is 32.0 Å². The van der Waals surface area contributed by atoms with E-state index in [9.17, 15) is 9.18 Å². The van der Waals surface area contributed by atoms with Gasteiger partial charge in [0.05, 0.1) is 13.0 Å². The molecule has 0 aliphatic rings. The molecular weight excluding hydrogens is 281 g/mol. The van der Waals surface area contributed by atoms with Crippen LogP contribution in [0.15, 0.2) is 42.5 Å². The number of hydrogen-bond donors (Lipinski definition) is 1. The third kappa shape index (κ3) is 4.58. The van der Waals surface area contributed by atoms with Gasteiger partial charge in [-0.3, -0.25) is 4.79 Å². The molecule has 2 aromatic rings. The number of nitrogens with one attached hydrogen (secondary N) is 1. The summed E-state index contributed by atoms with van der Waals surface area (Å²) in [5, 5.41) is 2.77.